The molecule has 4 heteroatoms. The molecule has 4 heterocycles. The van der Waals surface area contributed by atoms with Crippen molar-refractivity contribution in [1.29, 1.82) is 0 Å². The van der Waals surface area contributed by atoms with Gasteiger partial charge in [0, 0.05) is 37.5 Å². The Bertz CT molecular complexity index is 217. The Morgan fingerprint density at radius 2 is 1.86 bits per heavy atom. The van der Waals surface area contributed by atoms with Crippen molar-refractivity contribution in [1.82, 2.24) is 15.5 Å². The molecule has 0 aromatic rings. The van der Waals surface area contributed by atoms with E-state index in [-0.39, 0.29) is 0 Å². The largest absolute Gasteiger partial charge is 0.301 e. The minimum absolute atomic E-state index is 0.381. The predicted molar refractivity (Wildman–Crippen MR) is 57.5 cm³/mol. The molecule has 0 aliphatic carbocycles. The summed E-state index contributed by atoms with van der Waals surface area (Å²) in [5, 5.41) is 7.45. The van der Waals surface area contributed by atoms with E-state index in [4.69, 9.17) is 11.6 Å². The van der Waals surface area contributed by atoms with Crippen molar-refractivity contribution in [3.63, 3.8) is 0 Å². The van der Waals surface area contributed by atoms with Crippen LogP contribution in [0.1, 0.15) is 6.42 Å². The number of nitrogens with zero attached hydrogens (tertiary/aromatic N) is 1. The Hall–Kier alpha value is 0.170. The number of nitrogens with one attached hydrogen (secondary N) is 2. The van der Waals surface area contributed by atoms with Crippen LogP contribution in [0.4, 0.5) is 0 Å². The van der Waals surface area contributed by atoms with Gasteiger partial charge in [-0.15, -0.1) is 11.6 Å². The molecule has 4 unspecified atom stereocenters. The molecule has 3 nitrogen and oxygen atoms in total. The number of hydrogen-bond donors (Lipinski definition) is 2. The van der Waals surface area contributed by atoms with Crippen LogP contribution < -0.4 is 10.6 Å². The summed E-state index contributed by atoms with van der Waals surface area (Å²) < 4.78 is 0. The molecule has 0 aromatic carbocycles. The summed E-state index contributed by atoms with van der Waals surface area (Å²) in [6.07, 6.45) is 1.81. The van der Waals surface area contributed by atoms with Crippen molar-refractivity contribution in [2.24, 2.45) is 11.8 Å². The van der Waals surface area contributed by atoms with Crippen LogP contribution in [0.15, 0.2) is 0 Å². The predicted octanol–water partition coefficient (Wildman–Crippen LogP) is 0.0644. The van der Waals surface area contributed by atoms with Crippen molar-refractivity contribution >= 4 is 11.6 Å². The number of piperidine rings is 3. The highest BCUT2D eigenvalue weighted by Crippen LogP contribution is 2.37. The molecule has 4 saturated heterocycles. The normalized spacial score (nSPS) is 48.6. The quantitative estimate of drug-likeness (QED) is 0.606. The van der Waals surface area contributed by atoms with Crippen LogP contribution in [0.2, 0.25) is 0 Å². The van der Waals surface area contributed by atoms with Crippen molar-refractivity contribution in [2.75, 3.05) is 32.7 Å². The maximum Gasteiger partial charge on any atom is 0.0617 e. The third-order valence-corrected chi connectivity index (χ3v) is 4.44. The fraction of sp³-hybridized carbons (Fsp3) is 1.00. The zero-order valence-electron chi connectivity index (χ0n) is 8.38. The van der Waals surface area contributed by atoms with Gasteiger partial charge >= 0.3 is 0 Å². The van der Waals surface area contributed by atoms with Crippen LogP contribution in [0.25, 0.3) is 0 Å². The van der Waals surface area contributed by atoms with E-state index in [2.05, 4.69) is 15.5 Å². The highest BCUT2D eigenvalue weighted by molar-refractivity contribution is 6.21. The molecule has 4 aliphatic heterocycles. The number of alkyl halides is 1. The van der Waals surface area contributed by atoms with Crippen LogP contribution in [-0.4, -0.2) is 49.2 Å². The molecule has 4 fully saturated rings. The summed E-state index contributed by atoms with van der Waals surface area (Å²) in [6.45, 7) is 5.83. The third kappa shape index (κ3) is 1.47. The van der Waals surface area contributed by atoms with E-state index in [1.165, 1.54) is 19.5 Å². The highest BCUT2D eigenvalue weighted by Gasteiger charge is 2.43. The Kier molecular flexibility index (Phi) is 2.44. The zero-order chi connectivity index (χ0) is 9.54. The second kappa shape index (κ2) is 3.63. The first-order valence-corrected chi connectivity index (χ1v) is 6.11. The molecule has 0 aromatic heterocycles. The Labute approximate surface area is 90.2 Å². The lowest BCUT2D eigenvalue weighted by Gasteiger charge is -2.49. The molecular weight excluding hydrogens is 198 g/mol. The van der Waals surface area contributed by atoms with Crippen LogP contribution in [0, 0.1) is 11.8 Å². The van der Waals surface area contributed by atoms with Gasteiger partial charge in [-0.25, -0.2) is 0 Å². The van der Waals surface area contributed by atoms with E-state index >= 15 is 0 Å². The first-order valence-electron chi connectivity index (χ1n) is 5.68. The molecule has 0 saturated carbocycles. The Morgan fingerprint density at radius 1 is 1.07 bits per heavy atom. The molecule has 4 atom stereocenters. The van der Waals surface area contributed by atoms with Gasteiger partial charge in [0.2, 0.25) is 0 Å². The minimum Gasteiger partial charge on any atom is -0.301 e. The van der Waals surface area contributed by atoms with Crippen molar-refractivity contribution in [2.45, 2.75) is 18.0 Å². The number of halogens is 1. The van der Waals surface area contributed by atoms with Gasteiger partial charge in [-0.05, 0) is 18.9 Å². The van der Waals surface area contributed by atoms with Crippen molar-refractivity contribution < 1.29 is 0 Å². The summed E-state index contributed by atoms with van der Waals surface area (Å²) in [7, 11) is 0. The lowest BCUT2D eigenvalue weighted by atomic mass is 9.77. The van der Waals surface area contributed by atoms with Gasteiger partial charge in [0.15, 0.2) is 0 Å². The van der Waals surface area contributed by atoms with Gasteiger partial charge < -0.3 is 15.5 Å². The lowest BCUT2D eigenvalue weighted by Crippen LogP contribution is -2.60. The molecule has 80 valence electrons. The summed E-state index contributed by atoms with van der Waals surface area (Å²) in [5.74, 6) is 1.45. The standard InChI is InChI=1S/C10H18ClN3/c11-9-6-14-4-1-7(9)8(5-14)10-12-2-3-13-10/h7-10,12-13H,1-6H2. The molecule has 4 aliphatic rings. The second-order valence-electron chi connectivity index (χ2n) is 4.78. The van der Waals surface area contributed by atoms with Gasteiger partial charge in [0.05, 0.1) is 6.17 Å². The SMILES string of the molecule is ClC1CN2CCC1C(C1NCCN1)C2. The van der Waals surface area contributed by atoms with Crippen molar-refractivity contribution in [3.8, 4) is 0 Å². The first-order chi connectivity index (χ1) is 6.84. The maximum atomic E-state index is 6.39. The third-order valence-electron chi connectivity index (χ3n) is 3.98. The van der Waals surface area contributed by atoms with E-state index in [1.54, 1.807) is 0 Å². The van der Waals surface area contributed by atoms with Crippen LogP contribution in [-0.2, 0) is 0 Å². The maximum absolute atomic E-state index is 6.39. The Balaban J connectivity index is 1.73. The average Bonchev–Trinajstić information content (AvgIpc) is 2.70. The van der Waals surface area contributed by atoms with E-state index in [0.29, 0.717) is 11.5 Å². The van der Waals surface area contributed by atoms with Gasteiger partial charge in [0.1, 0.15) is 0 Å². The fourth-order valence-corrected chi connectivity index (χ4v) is 3.76. The smallest absolute Gasteiger partial charge is 0.0617 e. The summed E-state index contributed by atoms with van der Waals surface area (Å²) in [5.41, 5.74) is 0. The monoisotopic (exact) mass is 215 g/mol. The van der Waals surface area contributed by atoms with Crippen LogP contribution >= 0.6 is 11.6 Å². The minimum atomic E-state index is 0.381. The molecule has 0 spiro atoms. The van der Waals surface area contributed by atoms with Gasteiger partial charge in [-0.2, -0.15) is 0 Å². The lowest BCUT2D eigenvalue weighted by molar-refractivity contribution is 0.0339. The summed E-state index contributed by atoms with van der Waals surface area (Å²) >= 11 is 6.39. The van der Waals surface area contributed by atoms with E-state index in [0.717, 1.165) is 31.5 Å². The first kappa shape index (κ1) is 9.40. The second-order valence-corrected chi connectivity index (χ2v) is 5.34. The molecule has 4 rings (SSSR count). The van der Waals surface area contributed by atoms with E-state index in [9.17, 15) is 0 Å². The Morgan fingerprint density at radius 3 is 2.50 bits per heavy atom. The van der Waals surface area contributed by atoms with Gasteiger partial charge in [0.25, 0.3) is 0 Å². The number of hydrogen-bond acceptors (Lipinski definition) is 3. The van der Waals surface area contributed by atoms with Crippen molar-refractivity contribution in [3.05, 3.63) is 0 Å². The van der Waals surface area contributed by atoms with E-state index < -0.39 is 0 Å². The molecule has 2 bridgehead atoms. The highest BCUT2D eigenvalue weighted by atomic mass is 35.5. The fourth-order valence-electron chi connectivity index (χ4n) is 3.25. The molecule has 0 radical (unpaired) electrons. The summed E-state index contributed by atoms with van der Waals surface area (Å²) in [6, 6.07) is 0. The van der Waals surface area contributed by atoms with E-state index in [1.807, 2.05) is 0 Å². The number of fused-ring (bicyclic) bond motifs is 3. The van der Waals surface area contributed by atoms with Gasteiger partial charge in [-0.1, -0.05) is 0 Å². The topological polar surface area (TPSA) is 27.3 Å². The molecule has 2 N–H and O–H groups in total. The summed E-state index contributed by atoms with van der Waals surface area (Å²) in [4.78, 5) is 2.52. The van der Waals surface area contributed by atoms with Crippen LogP contribution in [0.3, 0.4) is 0 Å². The number of rotatable bonds is 1. The molecule has 14 heavy (non-hydrogen) atoms. The van der Waals surface area contributed by atoms with Crippen LogP contribution in [0.5, 0.6) is 0 Å². The van der Waals surface area contributed by atoms with Gasteiger partial charge in [-0.3, -0.25) is 0 Å². The molecular formula is C10H18ClN3. The average molecular weight is 216 g/mol. The zero-order valence-corrected chi connectivity index (χ0v) is 9.13. The molecule has 0 amide bonds.